The van der Waals surface area contributed by atoms with Gasteiger partial charge in [0, 0.05) is 20.3 Å². The number of thiocarbonyl (C=S) groups is 1. The quantitative estimate of drug-likeness (QED) is 0.629. The van der Waals surface area contributed by atoms with Crippen LogP contribution >= 0.6 is 24.0 Å². The van der Waals surface area contributed by atoms with Gasteiger partial charge in [0.2, 0.25) is 0 Å². The van der Waals surface area contributed by atoms with Crippen molar-refractivity contribution in [3.8, 4) is 0 Å². The summed E-state index contributed by atoms with van der Waals surface area (Å²) in [5, 5.41) is 0. The Bertz CT molecular complexity index is 562. The van der Waals surface area contributed by atoms with Gasteiger partial charge in [-0.1, -0.05) is 50.0 Å². The molecule has 1 amide bonds. The van der Waals surface area contributed by atoms with Gasteiger partial charge in [0.15, 0.2) is 4.32 Å². The largest absolute Gasteiger partial charge is 0.382 e. The van der Waals surface area contributed by atoms with Crippen molar-refractivity contribution in [1.29, 1.82) is 0 Å². The van der Waals surface area contributed by atoms with Crippen molar-refractivity contribution < 1.29 is 4.79 Å². The third kappa shape index (κ3) is 3.04. The number of hydrogen-bond acceptors (Lipinski definition) is 4. The minimum absolute atomic E-state index is 0.0500. The summed E-state index contributed by atoms with van der Waals surface area (Å²) in [7, 11) is 3.79. The molecule has 0 saturated carbocycles. The highest BCUT2D eigenvalue weighted by molar-refractivity contribution is 8.27. The van der Waals surface area contributed by atoms with Crippen LogP contribution in [0.25, 0.3) is 0 Å². The van der Waals surface area contributed by atoms with Crippen molar-refractivity contribution >= 4 is 39.9 Å². The molecular formula is C15H18N2OS2. The fourth-order valence-electron chi connectivity index (χ4n) is 1.92. The van der Waals surface area contributed by atoms with Crippen molar-refractivity contribution in [2.75, 3.05) is 19.0 Å². The van der Waals surface area contributed by atoms with Gasteiger partial charge in [-0.3, -0.25) is 9.69 Å². The minimum atomic E-state index is -0.0500. The lowest BCUT2D eigenvalue weighted by Gasteiger charge is -2.15. The Balaban J connectivity index is 2.29. The molecule has 20 heavy (non-hydrogen) atoms. The monoisotopic (exact) mass is 306 g/mol. The van der Waals surface area contributed by atoms with E-state index in [0.717, 1.165) is 5.69 Å². The lowest BCUT2D eigenvalue weighted by Crippen LogP contribution is -2.27. The van der Waals surface area contributed by atoms with Crippen LogP contribution < -0.4 is 4.90 Å². The number of anilines is 1. The number of carbonyl (C=O) groups is 1. The van der Waals surface area contributed by atoms with Gasteiger partial charge in [0.25, 0.3) is 5.91 Å². The smallest absolute Gasteiger partial charge is 0.272 e. The zero-order valence-electron chi connectivity index (χ0n) is 12.1. The Morgan fingerprint density at radius 3 is 2.35 bits per heavy atom. The van der Waals surface area contributed by atoms with Crippen LogP contribution in [0.4, 0.5) is 5.69 Å². The van der Waals surface area contributed by atoms with Crippen molar-refractivity contribution in [3.63, 3.8) is 0 Å². The van der Waals surface area contributed by atoms with Crippen LogP contribution in [0, 0.1) is 0 Å². The molecule has 1 heterocycles. The molecule has 0 aromatic heterocycles. The summed E-state index contributed by atoms with van der Waals surface area (Å²) in [6.07, 6.45) is 1.81. The SMILES string of the molecule is CC(C)c1ccc(N2C(=O)C(=CN(C)C)SC2=S)cc1. The topological polar surface area (TPSA) is 23.6 Å². The zero-order valence-corrected chi connectivity index (χ0v) is 13.7. The van der Waals surface area contributed by atoms with Gasteiger partial charge in [-0.2, -0.15) is 0 Å². The number of carbonyl (C=O) groups excluding carboxylic acids is 1. The molecule has 0 bridgehead atoms. The van der Waals surface area contributed by atoms with E-state index in [9.17, 15) is 4.79 Å². The minimum Gasteiger partial charge on any atom is -0.382 e. The highest BCUT2D eigenvalue weighted by Gasteiger charge is 2.33. The predicted molar refractivity (Wildman–Crippen MR) is 90.0 cm³/mol. The molecule has 1 aromatic rings. The van der Waals surface area contributed by atoms with Crippen LogP contribution in [0.1, 0.15) is 25.3 Å². The summed E-state index contributed by atoms with van der Waals surface area (Å²) in [5.41, 5.74) is 2.09. The van der Waals surface area contributed by atoms with Crippen LogP contribution in [0.15, 0.2) is 35.4 Å². The number of nitrogens with zero attached hydrogens (tertiary/aromatic N) is 2. The number of thioether (sulfide) groups is 1. The lowest BCUT2D eigenvalue weighted by molar-refractivity contribution is -0.113. The molecule has 0 radical (unpaired) electrons. The summed E-state index contributed by atoms with van der Waals surface area (Å²) in [5.74, 6) is 0.426. The summed E-state index contributed by atoms with van der Waals surface area (Å²) in [6.45, 7) is 4.29. The molecule has 1 saturated heterocycles. The molecule has 3 nitrogen and oxygen atoms in total. The number of rotatable bonds is 3. The highest BCUT2D eigenvalue weighted by Crippen LogP contribution is 2.35. The van der Waals surface area contributed by atoms with Crippen molar-refractivity contribution in [1.82, 2.24) is 4.90 Å². The summed E-state index contributed by atoms with van der Waals surface area (Å²) >= 11 is 6.67. The number of amides is 1. The normalized spacial score (nSPS) is 17.4. The molecule has 0 atom stereocenters. The summed E-state index contributed by atoms with van der Waals surface area (Å²) in [4.78, 5) is 16.5. The van der Waals surface area contributed by atoms with Crippen molar-refractivity contribution in [2.24, 2.45) is 0 Å². The highest BCUT2D eigenvalue weighted by atomic mass is 32.2. The first-order valence-electron chi connectivity index (χ1n) is 6.44. The lowest BCUT2D eigenvalue weighted by atomic mass is 10.0. The first-order valence-corrected chi connectivity index (χ1v) is 7.67. The summed E-state index contributed by atoms with van der Waals surface area (Å²) < 4.78 is 0.584. The van der Waals surface area contributed by atoms with Gasteiger partial charge in [-0.15, -0.1) is 0 Å². The first kappa shape index (κ1) is 15.1. The molecule has 1 aliphatic heterocycles. The molecule has 106 valence electrons. The van der Waals surface area contributed by atoms with E-state index in [2.05, 4.69) is 13.8 Å². The second-order valence-corrected chi connectivity index (χ2v) is 6.89. The van der Waals surface area contributed by atoms with Gasteiger partial charge in [-0.25, -0.2) is 0 Å². The fraction of sp³-hybridized carbons (Fsp3) is 0.333. The number of hydrogen-bond donors (Lipinski definition) is 0. The standard InChI is InChI=1S/C15H18N2OS2/c1-10(2)11-5-7-12(8-6-11)17-14(18)13(9-16(3)4)20-15(17)19/h5-10H,1-4H3. The van der Waals surface area contributed by atoms with Crippen LogP contribution in [-0.4, -0.2) is 29.2 Å². The van der Waals surface area contributed by atoms with Crippen LogP contribution in [0.5, 0.6) is 0 Å². The van der Waals surface area contributed by atoms with Gasteiger partial charge in [-0.05, 0) is 23.6 Å². The van der Waals surface area contributed by atoms with Crippen LogP contribution in [0.2, 0.25) is 0 Å². The molecule has 0 N–H and O–H groups in total. The molecule has 1 aromatic carbocycles. The van der Waals surface area contributed by atoms with E-state index in [0.29, 0.717) is 15.1 Å². The Morgan fingerprint density at radius 2 is 1.85 bits per heavy atom. The van der Waals surface area contributed by atoms with Crippen LogP contribution in [0.3, 0.4) is 0 Å². The molecule has 0 spiro atoms. The second kappa shape index (κ2) is 5.97. The van der Waals surface area contributed by atoms with E-state index < -0.39 is 0 Å². The van der Waals surface area contributed by atoms with E-state index in [-0.39, 0.29) is 5.91 Å². The maximum atomic E-state index is 12.4. The molecule has 0 unspecified atom stereocenters. The Hall–Kier alpha value is -1.33. The predicted octanol–water partition coefficient (Wildman–Crippen LogP) is 3.58. The summed E-state index contributed by atoms with van der Waals surface area (Å²) in [6, 6.07) is 8.01. The Labute approximate surface area is 129 Å². The average Bonchev–Trinajstić information content (AvgIpc) is 2.64. The van der Waals surface area contributed by atoms with Crippen molar-refractivity contribution in [3.05, 3.63) is 40.9 Å². The van der Waals surface area contributed by atoms with E-state index in [1.54, 1.807) is 4.90 Å². The van der Waals surface area contributed by atoms with E-state index in [1.807, 2.05) is 49.5 Å². The van der Waals surface area contributed by atoms with Gasteiger partial charge in [0.1, 0.15) is 0 Å². The zero-order chi connectivity index (χ0) is 14.9. The molecular weight excluding hydrogens is 288 g/mol. The van der Waals surface area contributed by atoms with E-state index in [1.165, 1.54) is 17.3 Å². The maximum Gasteiger partial charge on any atom is 0.272 e. The maximum absolute atomic E-state index is 12.4. The van der Waals surface area contributed by atoms with Crippen molar-refractivity contribution in [2.45, 2.75) is 19.8 Å². The third-order valence-electron chi connectivity index (χ3n) is 2.99. The van der Waals surface area contributed by atoms with E-state index >= 15 is 0 Å². The van der Waals surface area contributed by atoms with Crippen LogP contribution in [-0.2, 0) is 4.79 Å². The third-order valence-corrected chi connectivity index (χ3v) is 4.28. The number of benzene rings is 1. The molecule has 0 aliphatic carbocycles. The second-order valence-electron chi connectivity index (χ2n) is 5.21. The molecule has 1 fully saturated rings. The van der Waals surface area contributed by atoms with Gasteiger partial charge >= 0.3 is 0 Å². The fourth-order valence-corrected chi connectivity index (χ4v) is 3.29. The molecule has 1 aliphatic rings. The molecule has 5 heteroatoms. The Morgan fingerprint density at radius 1 is 1.25 bits per heavy atom. The van der Waals surface area contributed by atoms with Gasteiger partial charge < -0.3 is 4.90 Å². The van der Waals surface area contributed by atoms with Gasteiger partial charge in [0.05, 0.1) is 10.6 Å². The first-order chi connectivity index (χ1) is 9.40. The van der Waals surface area contributed by atoms with E-state index in [4.69, 9.17) is 12.2 Å². The molecule has 2 rings (SSSR count). The average molecular weight is 306 g/mol. The Kier molecular flexibility index (Phi) is 4.50.